The molecule has 2 aliphatic heterocycles. The lowest BCUT2D eigenvalue weighted by Gasteiger charge is -2.31. The van der Waals surface area contributed by atoms with Crippen LogP contribution in [0.5, 0.6) is 0 Å². The highest BCUT2D eigenvalue weighted by atomic mass is 15.1. The predicted octanol–water partition coefficient (Wildman–Crippen LogP) is 10.3. The van der Waals surface area contributed by atoms with E-state index in [1.165, 1.54) is 71.7 Å². The van der Waals surface area contributed by atoms with E-state index in [0.29, 0.717) is 5.92 Å². The Balaban J connectivity index is 1.16. The fraction of sp³-hybridized carbons (Fsp3) is 0.128. The van der Waals surface area contributed by atoms with Crippen LogP contribution in [0.15, 0.2) is 146 Å². The normalized spacial score (nSPS) is 16.9. The zero-order chi connectivity index (χ0) is 33.8. The number of hydrogen-bond acceptors (Lipinski definition) is 1. The highest BCUT2D eigenvalue weighted by Crippen LogP contribution is 2.45. The zero-order valence-electron chi connectivity index (χ0n) is 28.6. The van der Waals surface area contributed by atoms with Crippen molar-refractivity contribution in [2.45, 2.75) is 38.1 Å². The van der Waals surface area contributed by atoms with Crippen molar-refractivity contribution in [3.8, 4) is 33.6 Å². The Morgan fingerprint density at radius 2 is 1.53 bits per heavy atom. The maximum atomic E-state index is 5.70. The summed E-state index contributed by atoms with van der Waals surface area (Å²) < 4.78 is 7.29. The van der Waals surface area contributed by atoms with Crippen LogP contribution in [-0.2, 0) is 6.42 Å². The molecule has 0 N–H and O–H groups in total. The highest BCUT2D eigenvalue weighted by molar-refractivity contribution is 6.23. The average Bonchev–Trinajstić information content (AvgIpc) is 3.68. The number of benzene rings is 4. The van der Waals surface area contributed by atoms with Gasteiger partial charge in [0.15, 0.2) is 24.1 Å². The molecule has 0 radical (unpaired) electrons. The van der Waals surface area contributed by atoms with E-state index in [-0.39, 0.29) is 6.04 Å². The Labute approximate surface area is 296 Å². The van der Waals surface area contributed by atoms with Crippen molar-refractivity contribution in [1.82, 2.24) is 9.38 Å². The van der Waals surface area contributed by atoms with E-state index < -0.39 is 0 Å². The van der Waals surface area contributed by atoms with Gasteiger partial charge in [0.25, 0.3) is 0 Å². The number of fused-ring (bicyclic) bond motifs is 15. The van der Waals surface area contributed by atoms with E-state index >= 15 is 0 Å². The van der Waals surface area contributed by atoms with Gasteiger partial charge in [-0.25, -0.2) is 4.98 Å². The molecule has 9 aromatic rings. The summed E-state index contributed by atoms with van der Waals surface area (Å²) in [5.41, 5.74) is 15.9. The van der Waals surface area contributed by atoms with Gasteiger partial charge in [0.1, 0.15) is 5.65 Å². The van der Waals surface area contributed by atoms with Crippen molar-refractivity contribution < 1.29 is 9.13 Å². The largest absolute Gasteiger partial charge is 0.293 e. The van der Waals surface area contributed by atoms with Crippen LogP contribution in [0.1, 0.15) is 41.6 Å². The van der Waals surface area contributed by atoms with Gasteiger partial charge in [-0.3, -0.25) is 4.40 Å². The SMILES string of the molecule is C=C1CC2C(CCc3nc4c(cc3-c3cccc[n+]31)c1cccc3c5cc(-c6ccccc6)ccc5n4c31)c1ccccc1-c1ccc(C)c[n+]12. The smallest absolute Gasteiger partial charge is 0.219 e. The van der Waals surface area contributed by atoms with Gasteiger partial charge in [0.2, 0.25) is 11.4 Å². The van der Waals surface area contributed by atoms with Gasteiger partial charge in [-0.1, -0.05) is 72.8 Å². The van der Waals surface area contributed by atoms with Crippen LogP contribution in [0.4, 0.5) is 0 Å². The Kier molecular flexibility index (Phi) is 6.01. The molecule has 0 bridgehead atoms. The van der Waals surface area contributed by atoms with Crippen molar-refractivity contribution in [3.63, 3.8) is 0 Å². The van der Waals surface area contributed by atoms with E-state index in [9.17, 15) is 0 Å². The summed E-state index contributed by atoms with van der Waals surface area (Å²) in [4.78, 5) is 5.70. The molecule has 0 saturated carbocycles. The maximum absolute atomic E-state index is 5.70. The molecule has 0 amide bonds. The molecule has 2 atom stereocenters. The van der Waals surface area contributed by atoms with Crippen molar-refractivity contribution in [1.29, 1.82) is 0 Å². The third-order valence-corrected chi connectivity index (χ3v) is 11.7. The number of aromatic nitrogens is 4. The van der Waals surface area contributed by atoms with Crippen molar-refractivity contribution in [2.24, 2.45) is 0 Å². The molecule has 0 saturated heterocycles. The molecular weight excluding hydrogens is 621 g/mol. The first kappa shape index (κ1) is 28.7. The van der Waals surface area contributed by atoms with E-state index in [1.807, 2.05) is 0 Å². The van der Waals surface area contributed by atoms with Crippen LogP contribution in [0.3, 0.4) is 0 Å². The van der Waals surface area contributed by atoms with E-state index in [2.05, 4.69) is 160 Å². The lowest BCUT2D eigenvalue weighted by molar-refractivity contribution is -0.720. The molecule has 11 rings (SSSR count). The second kappa shape index (κ2) is 10.7. The third kappa shape index (κ3) is 4.11. The molecule has 242 valence electrons. The van der Waals surface area contributed by atoms with Crippen LogP contribution in [0.25, 0.3) is 77.6 Å². The number of para-hydroxylation sites is 1. The summed E-state index contributed by atoms with van der Waals surface area (Å²) in [6.07, 6.45) is 7.26. The van der Waals surface area contributed by atoms with Gasteiger partial charge in [-0.15, -0.1) is 0 Å². The second-order valence-corrected chi connectivity index (χ2v) is 14.5. The first-order chi connectivity index (χ1) is 25.1. The molecule has 5 aromatic heterocycles. The summed E-state index contributed by atoms with van der Waals surface area (Å²) in [6, 6.07) is 47.1. The topological polar surface area (TPSA) is 25.1 Å². The highest BCUT2D eigenvalue weighted by Gasteiger charge is 2.42. The molecule has 2 aliphatic rings. The van der Waals surface area contributed by atoms with Crippen molar-refractivity contribution in [2.75, 3.05) is 0 Å². The molecule has 7 heterocycles. The molecule has 0 spiro atoms. The van der Waals surface area contributed by atoms with Crippen molar-refractivity contribution in [3.05, 3.63) is 163 Å². The van der Waals surface area contributed by atoms with Crippen LogP contribution >= 0.6 is 0 Å². The van der Waals surface area contributed by atoms with E-state index in [0.717, 1.165) is 42.0 Å². The number of nitrogens with zero attached hydrogens (tertiary/aromatic N) is 4. The summed E-state index contributed by atoms with van der Waals surface area (Å²) >= 11 is 0. The number of aryl methyl sites for hydroxylation is 2. The van der Waals surface area contributed by atoms with Gasteiger partial charge in [-0.2, -0.15) is 9.13 Å². The van der Waals surface area contributed by atoms with Gasteiger partial charge in [0.05, 0.1) is 28.7 Å². The van der Waals surface area contributed by atoms with Gasteiger partial charge < -0.3 is 0 Å². The van der Waals surface area contributed by atoms with Crippen LogP contribution < -0.4 is 9.13 Å². The molecule has 51 heavy (non-hydrogen) atoms. The standard InChI is InChI=1S/C47H36N4/c1-29-18-22-43-34-14-7-6-13-33(34)35-20-21-41-40(42-17-8-9-24-49(42)30(2)25-45(35)50(43)28-29)27-39-37-16-10-15-36-38-26-32(31-11-4-3-5-12-31)19-23-44(38)51(46(36)37)47(39)48-41/h3-19,22-24,26-28,35,45H,2,20-21,25H2,1H3/q+2. The minimum Gasteiger partial charge on any atom is -0.293 e. The van der Waals surface area contributed by atoms with Gasteiger partial charge >= 0.3 is 0 Å². The molecule has 4 aromatic carbocycles. The number of rotatable bonds is 1. The van der Waals surface area contributed by atoms with Crippen molar-refractivity contribution >= 4 is 43.9 Å². The molecule has 2 unspecified atom stereocenters. The van der Waals surface area contributed by atoms with Crippen LogP contribution in [-0.4, -0.2) is 9.38 Å². The van der Waals surface area contributed by atoms with E-state index in [1.54, 1.807) is 0 Å². The maximum Gasteiger partial charge on any atom is 0.219 e. The Morgan fingerprint density at radius 1 is 0.706 bits per heavy atom. The summed E-state index contributed by atoms with van der Waals surface area (Å²) in [5, 5.41) is 4.99. The molecule has 4 heteroatoms. The van der Waals surface area contributed by atoms with E-state index in [4.69, 9.17) is 11.6 Å². The van der Waals surface area contributed by atoms with Crippen LogP contribution in [0, 0.1) is 6.92 Å². The molecule has 0 aliphatic carbocycles. The summed E-state index contributed by atoms with van der Waals surface area (Å²) in [7, 11) is 0. The van der Waals surface area contributed by atoms with Gasteiger partial charge in [0, 0.05) is 56.8 Å². The monoisotopic (exact) mass is 656 g/mol. The summed E-state index contributed by atoms with van der Waals surface area (Å²) in [5.74, 6) is 0.318. The second-order valence-electron chi connectivity index (χ2n) is 14.5. The third-order valence-electron chi connectivity index (χ3n) is 11.7. The first-order valence-corrected chi connectivity index (χ1v) is 18.1. The molecule has 4 nitrogen and oxygen atoms in total. The number of allylic oxidation sites excluding steroid dienone is 1. The first-order valence-electron chi connectivity index (χ1n) is 18.1. The average molecular weight is 657 g/mol. The Bertz CT molecular complexity index is 2880. The Morgan fingerprint density at radius 3 is 2.43 bits per heavy atom. The minimum absolute atomic E-state index is 0.245. The lowest BCUT2D eigenvalue weighted by Crippen LogP contribution is -2.49. The zero-order valence-corrected chi connectivity index (χ0v) is 28.6. The minimum atomic E-state index is 0.245. The fourth-order valence-electron chi connectivity index (χ4n) is 9.38. The molecule has 0 fully saturated rings. The molecular formula is C47H36N4+2. The number of hydrogen-bond donors (Lipinski definition) is 0. The quantitative estimate of drug-likeness (QED) is 0.161. The summed E-state index contributed by atoms with van der Waals surface area (Å²) in [6.45, 7) is 6.96. The van der Waals surface area contributed by atoms with Crippen LogP contribution in [0.2, 0.25) is 0 Å². The number of pyridine rings is 3. The Hall–Kier alpha value is -6.13. The lowest BCUT2D eigenvalue weighted by atomic mass is 9.78. The predicted molar refractivity (Wildman–Crippen MR) is 207 cm³/mol. The fourth-order valence-corrected chi connectivity index (χ4v) is 9.38. The van der Waals surface area contributed by atoms with Gasteiger partial charge in [-0.05, 0) is 79.4 Å².